The summed E-state index contributed by atoms with van der Waals surface area (Å²) in [5.41, 5.74) is 12.7. The number of fused-ring (bicyclic) bond motifs is 1. The number of alkyl halides is 1. The van der Waals surface area contributed by atoms with Gasteiger partial charge >= 0.3 is 6.09 Å². The van der Waals surface area contributed by atoms with Crippen LogP contribution in [-0.2, 0) is 16.0 Å². The Balaban J connectivity index is 0.000000732. The van der Waals surface area contributed by atoms with E-state index in [2.05, 4.69) is 49.2 Å². The molecule has 0 saturated heterocycles. The van der Waals surface area contributed by atoms with E-state index in [1.807, 2.05) is 6.07 Å². The predicted molar refractivity (Wildman–Crippen MR) is 151 cm³/mol. The van der Waals surface area contributed by atoms with Gasteiger partial charge in [-0.2, -0.15) is 0 Å². The number of ether oxygens (including phenoxy) is 1. The molecule has 3 atom stereocenters. The number of nitrogens with one attached hydrogen (secondary N) is 2. The largest absolute Gasteiger partial charge is 0.453 e. The van der Waals surface area contributed by atoms with Crippen molar-refractivity contribution in [1.29, 1.82) is 5.41 Å². The van der Waals surface area contributed by atoms with Gasteiger partial charge < -0.3 is 26.1 Å². The van der Waals surface area contributed by atoms with Gasteiger partial charge in [0.15, 0.2) is 10.9 Å². The first-order chi connectivity index (χ1) is 18.1. The third-order valence-corrected chi connectivity index (χ3v) is 7.41. The Morgan fingerprint density at radius 3 is 2.74 bits per heavy atom. The molecule has 206 valence electrons. The molecule has 2 aromatic heterocycles. The van der Waals surface area contributed by atoms with Crippen molar-refractivity contribution in [2.75, 3.05) is 13.7 Å². The minimum atomic E-state index is -0.745. The summed E-state index contributed by atoms with van der Waals surface area (Å²) in [6.07, 6.45) is 6.48. The molecule has 1 aliphatic carbocycles. The van der Waals surface area contributed by atoms with Crippen LogP contribution < -0.4 is 16.8 Å². The van der Waals surface area contributed by atoms with Gasteiger partial charge in [0.25, 0.3) is 5.91 Å². The van der Waals surface area contributed by atoms with Crippen molar-refractivity contribution in [3.8, 4) is 0 Å². The molecule has 4 rings (SSSR count). The minimum Gasteiger partial charge on any atom is -0.453 e. The molecule has 2 aromatic rings. The minimum absolute atomic E-state index is 0.0594. The SMILES string of the molecule is CC(C)Cc1nc2cnc(C(N)=NC=N)cc2n1C1CCCC(NC(=O)C2=NCC(Cl)S2)C1.COC(N)=O. The van der Waals surface area contributed by atoms with Crippen molar-refractivity contribution >= 4 is 63.6 Å². The van der Waals surface area contributed by atoms with E-state index in [-0.39, 0.29) is 28.5 Å². The number of methoxy groups -OCH3 is 1. The molecule has 1 fully saturated rings. The second kappa shape index (κ2) is 13.6. The summed E-state index contributed by atoms with van der Waals surface area (Å²) in [5, 5.41) is 10.8. The molecular weight excluding hydrogens is 530 g/mol. The van der Waals surface area contributed by atoms with Gasteiger partial charge in [-0.05, 0) is 37.7 Å². The maximum atomic E-state index is 12.7. The predicted octanol–water partition coefficient (Wildman–Crippen LogP) is 2.96. The van der Waals surface area contributed by atoms with E-state index in [0.717, 1.165) is 55.3 Å². The maximum Gasteiger partial charge on any atom is 0.404 e. The molecule has 2 amide bonds. The quantitative estimate of drug-likeness (QED) is 0.226. The van der Waals surface area contributed by atoms with Crippen LogP contribution in [0.5, 0.6) is 0 Å². The van der Waals surface area contributed by atoms with Crippen LogP contribution in [0.2, 0.25) is 0 Å². The number of amidine groups is 1. The van der Waals surface area contributed by atoms with E-state index < -0.39 is 6.09 Å². The maximum absolute atomic E-state index is 12.7. The number of primary amides is 1. The number of halogens is 1. The van der Waals surface area contributed by atoms with E-state index in [0.29, 0.717) is 23.2 Å². The Bertz CT molecular complexity index is 1230. The second-order valence-corrected chi connectivity index (χ2v) is 11.4. The van der Waals surface area contributed by atoms with Gasteiger partial charge in [-0.3, -0.25) is 20.2 Å². The van der Waals surface area contributed by atoms with Gasteiger partial charge in [-0.25, -0.2) is 14.8 Å². The first-order valence-electron chi connectivity index (χ1n) is 12.3. The fourth-order valence-corrected chi connectivity index (χ4v) is 5.52. The summed E-state index contributed by atoms with van der Waals surface area (Å²) in [4.78, 5) is 39.4. The molecule has 1 saturated carbocycles. The number of aromatic nitrogens is 3. The fourth-order valence-electron chi connectivity index (χ4n) is 4.49. The van der Waals surface area contributed by atoms with Crippen LogP contribution in [0, 0.1) is 11.3 Å². The van der Waals surface area contributed by atoms with Crippen LogP contribution in [0.15, 0.2) is 22.2 Å². The molecule has 14 heteroatoms. The molecule has 3 unspecified atom stereocenters. The number of carbonyl (C=O) groups excluding carboxylic acids is 2. The van der Waals surface area contributed by atoms with Gasteiger partial charge in [0.2, 0.25) is 0 Å². The summed E-state index contributed by atoms with van der Waals surface area (Å²) in [6.45, 7) is 4.83. The molecule has 2 aliphatic rings. The summed E-state index contributed by atoms with van der Waals surface area (Å²) in [5.74, 6) is 1.52. The summed E-state index contributed by atoms with van der Waals surface area (Å²) >= 11 is 7.40. The van der Waals surface area contributed by atoms with E-state index in [1.165, 1.54) is 18.9 Å². The lowest BCUT2D eigenvalue weighted by Gasteiger charge is -2.32. The molecule has 0 spiro atoms. The Morgan fingerprint density at radius 1 is 1.39 bits per heavy atom. The first-order valence-corrected chi connectivity index (χ1v) is 13.6. The molecule has 3 heterocycles. The first kappa shape index (κ1) is 29.4. The normalized spacial score (nSPS) is 21.4. The molecule has 38 heavy (non-hydrogen) atoms. The zero-order valence-electron chi connectivity index (χ0n) is 21.7. The summed E-state index contributed by atoms with van der Waals surface area (Å²) < 4.78 is 6.03. The number of pyridine rings is 1. The number of hydrogen-bond donors (Lipinski definition) is 4. The highest BCUT2D eigenvalue weighted by molar-refractivity contribution is 8.17. The Morgan fingerprint density at radius 2 is 2.13 bits per heavy atom. The van der Waals surface area contributed by atoms with Crippen molar-refractivity contribution in [1.82, 2.24) is 19.9 Å². The molecule has 12 nitrogen and oxygen atoms in total. The zero-order valence-corrected chi connectivity index (χ0v) is 23.3. The molecule has 0 bridgehead atoms. The van der Waals surface area contributed by atoms with Crippen molar-refractivity contribution in [3.05, 3.63) is 23.8 Å². The van der Waals surface area contributed by atoms with Gasteiger partial charge in [-0.1, -0.05) is 25.6 Å². The molecule has 1 aliphatic heterocycles. The highest BCUT2D eigenvalue weighted by Gasteiger charge is 2.30. The van der Waals surface area contributed by atoms with Gasteiger partial charge in [0.05, 0.1) is 25.4 Å². The number of nitrogens with zero attached hydrogens (tertiary/aromatic N) is 5. The number of thioether (sulfide) groups is 1. The van der Waals surface area contributed by atoms with Gasteiger partial charge in [-0.15, -0.1) is 11.6 Å². The highest BCUT2D eigenvalue weighted by atomic mass is 35.5. The summed E-state index contributed by atoms with van der Waals surface area (Å²) in [7, 11) is 1.22. The van der Waals surface area contributed by atoms with Crippen molar-refractivity contribution < 1.29 is 14.3 Å². The molecule has 0 aromatic carbocycles. The second-order valence-electron chi connectivity index (χ2n) is 9.39. The number of hydrogen-bond acceptors (Lipinski definition) is 8. The van der Waals surface area contributed by atoms with E-state index >= 15 is 0 Å². The number of imidazole rings is 1. The lowest BCUT2D eigenvalue weighted by Crippen LogP contribution is -2.41. The van der Waals surface area contributed by atoms with E-state index in [1.54, 1.807) is 6.20 Å². The number of rotatable bonds is 7. The van der Waals surface area contributed by atoms with Crippen molar-refractivity contribution in [2.24, 2.45) is 27.4 Å². The molecule has 6 N–H and O–H groups in total. The fraction of sp³-hybridized carbons (Fsp3) is 0.542. The Hall–Kier alpha value is -3.19. The van der Waals surface area contributed by atoms with Gasteiger partial charge in [0, 0.05) is 18.5 Å². The third-order valence-electron chi connectivity index (χ3n) is 6.07. The van der Waals surface area contributed by atoms with Gasteiger partial charge in [0.1, 0.15) is 28.1 Å². The van der Waals surface area contributed by atoms with Crippen molar-refractivity contribution in [3.63, 3.8) is 0 Å². The monoisotopic (exact) mass is 563 g/mol. The average molecular weight is 564 g/mol. The van der Waals surface area contributed by atoms with E-state index in [4.69, 9.17) is 27.7 Å². The lowest BCUT2D eigenvalue weighted by molar-refractivity contribution is -0.115. The smallest absolute Gasteiger partial charge is 0.404 e. The van der Waals surface area contributed by atoms with Crippen LogP contribution in [0.1, 0.15) is 57.1 Å². The summed E-state index contributed by atoms with van der Waals surface area (Å²) in [6, 6.07) is 2.16. The van der Waals surface area contributed by atoms with Crippen LogP contribution in [0.25, 0.3) is 11.0 Å². The highest BCUT2D eigenvalue weighted by Crippen LogP contribution is 2.34. The van der Waals surface area contributed by atoms with Crippen LogP contribution in [0.3, 0.4) is 0 Å². The van der Waals surface area contributed by atoms with Crippen LogP contribution >= 0.6 is 23.4 Å². The lowest BCUT2D eigenvalue weighted by atomic mass is 9.90. The third kappa shape index (κ3) is 7.67. The molecular formula is C24H34ClN9O3S. The molecule has 0 radical (unpaired) electrons. The van der Waals surface area contributed by atoms with Crippen LogP contribution in [-0.4, -0.2) is 68.2 Å². The Kier molecular flexibility index (Phi) is 10.5. The topological polar surface area (TPSA) is 187 Å². The number of nitrogens with two attached hydrogens (primary N) is 2. The standard InChI is InChI=1S/C22H29ClN8OS.C2H5NO2/c1-12(2)6-19-30-16-9-26-15(20(25)28-11-24)8-17(16)31(19)14-5-3-4-13(7-14)29-21(32)22-27-10-18(23)33-22;1-5-2(3)4/h8-9,11-14,18H,3-7,10H2,1-2H3,(H,29,32)(H3,24,25,28);1H3,(H2,3,4). The van der Waals surface area contributed by atoms with E-state index in [9.17, 15) is 9.59 Å². The zero-order chi connectivity index (χ0) is 27.8. The van der Waals surface area contributed by atoms with Crippen molar-refractivity contribution in [2.45, 2.75) is 62.7 Å². The number of carbonyl (C=O) groups is 2. The average Bonchev–Trinajstić information content (AvgIpc) is 3.47. The number of amides is 2. The van der Waals surface area contributed by atoms with Crippen LogP contribution in [0.4, 0.5) is 4.79 Å². The Labute approximate surface area is 230 Å². The number of aliphatic imine (C=N–C) groups is 2.